The van der Waals surface area contributed by atoms with Crippen molar-refractivity contribution in [3.63, 3.8) is 0 Å². The average molecular weight is 506 g/mol. The highest BCUT2D eigenvalue weighted by molar-refractivity contribution is 7.89. The standard InChI is InChI=1S/C25H32FN3O5S/c1-5-6-19-7-12-24-22(13-19)34-23(17(2)14-29(18(3)16-30)35(24,32)33)15-28(4)25(31)27-21-10-8-20(26)9-11-21/h5-13,17-18,23,30H,14-16H2,1-4H3,(H,27,31)/b6-5+/t17-,18+,23+/m1/s1. The Morgan fingerprint density at radius 2 is 2.00 bits per heavy atom. The van der Waals surface area contributed by atoms with Gasteiger partial charge in [-0.2, -0.15) is 4.31 Å². The maximum absolute atomic E-state index is 13.5. The summed E-state index contributed by atoms with van der Waals surface area (Å²) >= 11 is 0. The Morgan fingerprint density at radius 3 is 2.63 bits per heavy atom. The van der Waals surface area contributed by atoms with Gasteiger partial charge in [0.2, 0.25) is 10.0 Å². The van der Waals surface area contributed by atoms with Crippen molar-refractivity contribution in [2.24, 2.45) is 5.92 Å². The van der Waals surface area contributed by atoms with E-state index in [4.69, 9.17) is 4.74 Å². The van der Waals surface area contributed by atoms with Crippen molar-refractivity contribution in [3.8, 4) is 5.75 Å². The second kappa shape index (κ2) is 11.2. The second-order valence-corrected chi connectivity index (χ2v) is 10.6. The minimum atomic E-state index is -3.93. The van der Waals surface area contributed by atoms with Crippen LogP contribution in [0, 0.1) is 11.7 Å². The summed E-state index contributed by atoms with van der Waals surface area (Å²) in [7, 11) is -2.32. The van der Waals surface area contributed by atoms with E-state index < -0.39 is 34.0 Å². The van der Waals surface area contributed by atoms with Crippen LogP contribution in [0.3, 0.4) is 0 Å². The Balaban J connectivity index is 1.92. The van der Waals surface area contributed by atoms with Crippen molar-refractivity contribution in [1.82, 2.24) is 9.21 Å². The van der Waals surface area contributed by atoms with Gasteiger partial charge in [0.15, 0.2) is 0 Å². The number of fused-ring (bicyclic) bond motifs is 1. The van der Waals surface area contributed by atoms with Crippen molar-refractivity contribution in [2.45, 2.75) is 37.8 Å². The molecule has 3 atom stereocenters. The number of allylic oxidation sites excluding steroid dienone is 1. The number of carbonyl (C=O) groups excluding carboxylic acids is 1. The molecule has 0 unspecified atom stereocenters. The predicted molar refractivity (Wildman–Crippen MR) is 133 cm³/mol. The van der Waals surface area contributed by atoms with Gasteiger partial charge in [-0.3, -0.25) is 0 Å². The molecule has 0 saturated carbocycles. The number of sulfonamides is 1. The summed E-state index contributed by atoms with van der Waals surface area (Å²) in [5.74, 6) is -0.515. The molecule has 2 N–H and O–H groups in total. The molecule has 0 aromatic heterocycles. The molecule has 1 aliphatic rings. The molecule has 0 spiro atoms. The smallest absolute Gasteiger partial charge is 0.321 e. The summed E-state index contributed by atoms with van der Waals surface area (Å²) in [6.45, 7) is 5.31. The Hall–Kier alpha value is -2.95. The fourth-order valence-corrected chi connectivity index (χ4v) is 5.69. The van der Waals surface area contributed by atoms with Gasteiger partial charge < -0.3 is 20.1 Å². The van der Waals surface area contributed by atoms with E-state index >= 15 is 0 Å². The highest BCUT2D eigenvalue weighted by atomic mass is 32.2. The molecule has 2 aromatic carbocycles. The number of ether oxygens (including phenoxy) is 1. The Morgan fingerprint density at radius 1 is 1.31 bits per heavy atom. The van der Waals surface area contributed by atoms with Crippen LogP contribution in [0.1, 0.15) is 26.3 Å². The molecule has 8 nitrogen and oxygen atoms in total. The predicted octanol–water partition coefficient (Wildman–Crippen LogP) is 3.79. The van der Waals surface area contributed by atoms with Crippen LogP contribution in [0.2, 0.25) is 0 Å². The first-order valence-electron chi connectivity index (χ1n) is 11.4. The van der Waals surface area contributed by atoms with Crippen LogP contribution >= 0.6 is 0 Å². The van der Waals surface area contributed by atoms with Gasteiger partial charge in [-0.25, -0.2) is 17.6 Å². The monoisotopic (exact) mass is 505 g/mol. The van der Waals surface area contributed by atoms with E-state index in [2.05, 4.69) is 5.32 Å². The van der Waals surface area contributed by atoms with E-state index in [1.54, 1.807) is 26.1 Å². The lowest BCUT2D eigenvalue weighted by molar-refractivity contribution is 0.0830. The number of amides is 2. The highest BCUT2D eigenvalue weighted by Crippen LogP contribution is 2.34. The number of aliphatic hydroxyl groups excluding tert-OH is 1. The van der Waals surface area contributed by atoms with Crippen LogP contribution in [0.4, 0.5) is 14.9 Å². The summed E-state index contributed by atoms with van der Waals surface area (Å²) in [6.07, 6.45) is 3.14. The van der Waals surface area contributed by atoms with Crippen LogP contribution in [-0.4, -0.2) is 67.7 Å². The lowest BCUT2D eigenvalue weighted by Gasteiger charge is -2.37. The average Bonchev–Trinajstić information content (AvgIpc) is 2.82. The Labute approximate surface area is 206 Å². The van der Waals surface area contributed by atoms with Gasteiger partial charge in [0.1, 0.15) is 22.6 Å². The van der Waals surface area contributed by atoms with Crippen LogP contribution in [0.25, 0.3) is 6.08 Å². The number of halogens is 1. The molecule has 10 heteroatoms. The number of likely N-dealkylation sites (N-methyl/N-ethyl adjacent to an activating group) is 1. The first-order chi connectivity index (χ1) is 16.6. The van der Waals surface area contributed by atoms with Gasteiger partial charge in [-0.1, -0.05) is 25.1 Å². The molecule has 1 heterocycles. The molecule has 2 amide bonds. The second-order valence-electron chi connectivity index (χ2n) is 8.76. The van der Waals surface area contributed by atoms with Gasteiger partial charge >= 0.3 is 6.03 Å². The van der Waals surface area contributed by atoms with E-state index in [-0.39, 0.29) is 36.3 Å². The van der Waals surface area contributed by atoms with E-state index in [1.165, 1.54) is 39.5 Å². The quantitative estimate of drug-likeness (QED) is 0.622. The third-order valence-corrected chi connectivity index (χ3v) is 7.97. The molecule has 0 aliphatic carbocycles. The number of anilines is 1. The molecule has 190 valence electrons. The molecule has 1 aliphatic heterocycles. The number of hydrogen-bond acceptors (Lipinski definition) is 5. The zero-order valence-corrected chi connectivity index (χ0v) is 21.1. The lowest BCUT2D eigenvalue weighted by Crippen LogP contribution is -2.50. The summed E-state index contributed by atoms with van der Waals surface area (Å²) in [4.78, 5) is 14.2. The van der Waals surface area contributed by atoms with Crippen molar-refractivity contribution < 1.29 is 27.4 Å². The Kier molecular flexibility index (Phi) is 8.52. The van der Waals surface area contributed by atoms with E-state index in [9.17, 15) is 22.7 Å². The molecular weight excluding hydrogens is 473 g/mol. The maximum atomic E-state index is 13.5. The first-order valence-corrected chi connectivity index (χ1v) is 12.8. The summed E-state index contributed by atoms with van der Waals surface area (Å²) in [6, 6.07) is 9.27. The summed E-state index contributed by atoms with van der Waals surface area (Å²) in [5, 5.41) is 12.5. The zero-order chi connectivity index (χ0) is 25.8. The first kappa shape index (κ1) is 26.7. The maximum Gasteiger partial charge on any atom is 0.321 e. The number of nitrogens with one attached hydrogen (secondary N) is 1. The highest BCUT2D eigenvalue weighted by Gasteiger charge is 2.38. The molecule has 3 rings (SSSR count). The third kappa shape index (κ3) is 6.19. The number of hydrogen-bond donors (Lipinski definition) is 2. The van der Waals surface area contributed by atoms with Gasteiger partial charge in [0.05, 0.1) is 13.2 Å². The molecule has 0 fully saturated rings. The third-order valence-electron chi connectivity index (χ3n) is 5.95. The van der Waals surface area contributed by atoms with Crippen molar-refractivity contribution in [2.75, 3.05) is 32.1 Å². The van der Waals surface area contributed by atoms with Crippen molar-refractivity contribution >= 4 is 27.8 Å². The lowest BCUT2D eigenvalue weighted by atomic mass is 10.0. The van der Waals surface area contributed by atoms with Gasteiger partial charge in [-0.05, 0) is 55.8 Å². The van der Waals surface area contributed by atoms with Crippen molar-refractivity contribution in [1.29, 1.82) is 0 Å². The van der Waals surface area contributed by atoms with Gasteiger partial charge in [0, 0.05) is 31.2 Å². The Bertz CT molecular complexity index is 1170. The minimum absolute atomic E-state index is 0.0152. The van der Waals surface area contributed by atoms with Crippen LogP contribution in [0.15, 0.2) is 53.4 Å². The topological polar surface area (TPSA) is 99.2 Å². The number of aliphatic hydroxyl groups is 1. The number of nitrogens with zero attached hydrogens (tertiary/aromatic N) is 2. The van der Waals surface area contributed by atoms with Crippen molar-refractivity contribution in [3.05, 3.63) is 59.9 Å². The van der Waals surface area contributed by atoms with Gasteiger partial charge in [0.25, 0.3) is 0 Å². The number of carbonyl (C=O) groups is 1. The number of rotatable bonds is 6. The van der Waals surface area contributed by atoms with Crippen LogP contribution in [0.5, 0.6) is 5.75 Å². The molecule has 35 heavy (non-hydrogen) atoms. The molecule has 0 saturated heterocycles. The summed E-state index contributed by atoms with van der Waals surface area (Å²) < 4.78 is 47.6. The number of urea groups is 1. The van der Waals surface area contributed by atoms with E-state index in [0.717, 1.165) is 5.56 Å². The van der Waals surface area contributed by atoms with Crippen LogP contribution in [-0.2, 0) is 10.0 Å². The van der Waals surface area contributed by atoms with Crippen LogP contribution < -0.4 is 10.1 Å². The largest absolute Gasteiger partial charge is 0.487 e. The zero-order valence-electron chi connectivity index (χ0n) is 20.3. The van der Waals surface area contributed by atoms with E-state index in [0.29, 0.717) is 5.69 Å². The number of benzene rings is 2. The fourth-order valence-electron chi connectivity index (χ4n) is 3.86. The van der Waals surface area contributed by atoms with E-state index in [1.807, 2.05) is 26.0 Å². The fraction of sp³-hybridized carbons (Fsp3) is 0.400. The molecular formula is C25H32FN3O5S. The molecule has 0 bridgehead atoms. The van der Waals surface area contributed by atoms with Gasteiger partial charge in [-0.15, -0.1) is 0 Å². The SMILES string of the molecule is C/C=C/c1ccc2c(c1)O[C@@H](CN(C)C(=O)Nc1ccc(F)cc1)[C@H](C)CN([C@@H](C)CO)S2(=O)=O. The minimum Gasteiger partial charge on any atom is -0.487 e. The normalized spacial score (nSPS) is 20.9. The molecule has 2 aromatic rings. The molecule has 0 radical (unpaired) electrons. The summed E-state index contributed by atoms with van der Waals surface area (Å²) in [5.41, 5.74) is 1.22.